The van der Waals surface area contributed by atoms with Gasteiger partial charge in [-0.1, -0.05) is 53.5 Å². The van der Waals surface area contributed by atoms with E-state index in [1.165, 1.54) is 22.9 Å². The van der Waals surface area contributed by atoms with Gasteiger partial charge >= 0.3 is 0 Å². The second-order valence-electron chi connectivity index (χ2n) is 6.50. The summed E-state index contributed by atoms with van der Waals surface area (Å²) in [5.41, 5.74) is 2.14. The molecule has 4 rings (SSSR count). The zero-order chi connectivity index (χ0) is 21.3. The standard InChI is InChI=1S/C22H15Cl2FN4O/c1-13-16(24)8-5-11-19(13)29-21(14-6-4-7-15(23)12-14)27-20(28-29)22(30)26-18-10-3-2-9-17(18)25/h2-12H,1H3,(H,26,30). The number of hydrogen-bond donors (Lipinski definition) is 1. The summed E-state index contributed by atoms with van der Waals surface area (Å²) < 4.78 is 15.5. The van der Waals surface area contributed by atoms with Gasteiger partial charge in [-0.05, 0) is 48.9 Å². The van der Waals surface area contributed by atoms with Crippen LogP contribution >= 0.6 is 23.2 Å². The van der Waals surface area contributed by atoms with Crippen LogP contribution in [-0.4, -0.2) is 20.7 Å². The lowest BCUT2D eigenvalue weighted by molar-refractivity contribution is 0.101. The smallest absolute Gasteiger partial charge is 0.295 e. The molecule has 0 unspecified atom stereocenters. The summed E-state index contributed by atoms with van der Waals surface area (Å²) >= 11 is 12.4. The number of nitrogens with zero attached hydrogens (tertiary/aromatic N) is 3. The average Bonchev–Trinajstić information content (AvgIpc) is 3.17. The van der Waals surface area contributed by atoms with E-state index in [2.05, 4.69) is 15.4 Å². The van der Waals surface area contributed by atoms with Gasteiger partial charge in [0.1, 0.15) is 5.82 Å². The molecule has 1 heterocycles. The monoisotopic (exact) mass is 440 g/mol. The van der Waals surface area contributed by atoms with Gasteiger partial charge in [-0.2, -0.15) is 0 Å². The van der Waals surface area contributed by atoms with Crippen molar-refractivity contribution in [1.29, 1.82) is 0 Å². The Labute approximate surface area is 182 Å². The maximum absolute atomic E-state index is 13.9. The zero-order valence-electron chi connectivity index (χ0n) is 15.7. The van der Waals surface area contributed by atoms with E-state index in [-0.39, 0.29) is 11.5 Å². The van der Waals surface area contributed by atoms with Crippen molar-refractivity contribution in [2.75, 3.05) is 5.32 Å². The lowest BCUT2D eigenvalue weighted by Gasteiger charge is -2.10. The fraction of sp³-hybridized carbons (Fsp3) is 0.0455. The van der Waals surface area contributed by atoms with Crippen molar-refractivity contribution in [3.63, 3.8) is 0 Å². The molecule has 1 N–H and O–H groups in total. The number of carbonyl (C=O) groups is 1. The summed E-state index contributed by atoms with van der Waals surface area (Å²) in [6.07, 6.45) is 0. The first-order chi connectivity index (χ1) is 14.4. The van der Waals surface area contributed by atoms with Gasteiger partial charge in [0.25, 0.3) is 5.91 Å². The van der Waals surface area contributed by atoms with Crippen LogP contribution in [0.5, 0.6) is 0 Å². The molecular weight excluding hydrogens is 426 g/mol. The van der Waals surface area contributed by atoms with E-state index in [4.69, 9.17) is 23.2 Å². The zero-order valence-corrected chi connectivity index (χ0v) is 17.2. The largest absolute Gasteiger partial charge is 0.317 e. The quantitative estimate of drug-likeness (QED) is 0.426. The first kappa shape index (κ1) is 20.1. The first-order valence-electron chi connectivity index (χ1n) is 8.98. The highest BCUT2D eigenvalue weighted by molar-refractivity contribution is 6.31. The van der Waals surface area contributed by atoms with Crippen molar-refractivity contribution >= 4 is 34.8 Å². The number of aromatic nitrogens is 3. The minimum Gasteiger partial charge on any atom is -0.317 e. The van der Waals surface area contributed by atoms with E-state index in [0.717, 1.165) is 5.56 Å². The van der Waals surface area contributed by atoms with Crippen LogP contribution in [0.1, 0.15) is 16.2 Å². The summed E-state index contributed by atoms with van der Waals surface area (Å²) in [6, 6.07) is 18.3. The Bertz CT molecular complexity index is 1260. The van der Waals surface area contributed by atoms with Gasteiger partial charge in [-0.15, -0.1) is 5.10 Å². The Morgan fingerprint density at radius 3 is 2.57 bits per heavy atom. The summed E-state index contributed by atoms with van der Waals surface area (Å²) in [7, 11) is 0. The third-order valence-corrected chi connectivity index (χ3v) is 5.13. The van der Waals surface area contributed by atoms with E-state index in [0.29, 0.717) is 27.1 Å². The van der Waals surface area contributed by atoms with E-state index in [9.17, 15) is 9.18 Å². The Kier molecular flexibility index (Phi) is 5.53. The van der Waals surface area contributed by atoms with E-state index >= 15 is 0 Å². The van der Waals surface area contributed by atoms with Crippen molar-refractivity contribution in [1.82, 2.24) is 14.8 Å². The third kappa shape index (κ3) is 3.92. The number of halogens is 3. The molecule has 0 bridgehead atoms. The molecule has 0 atom stereocenters. The SMILES string of the molecule is Cc1c(Cl)cccc1-n1nc(C(=O)Nc2ccccc2F)nc1-c1cccc(Cl)c1. The van der Waals surface area contributed by atoms with E-state index < -0.39 is 11.7 Å². The molecule has 0 aliphatic heterocycles. The molecule has 150 valence electrons. The van der Waals surface area contributed by atoms with Crippen LogP contribution < -0.4 is 5.32 Å². The average molecular weight is 441 g/mol. The Balaban J connectivity index is 1.83. The fourth-order valence-corrected chi connectivity index (χ4v) is 3.32. The van der Waals surface area contributed by atoms with Crippen LogP contribution in [0.25, 0.3) is 17.1 Å². The summed E-state index contributed by atoms with van der Waals surface area (Å²) in [6.45, 7) is 1.85. The van der Waals surface area contributed by atoms with Crippen molar-refractivity contribution in [2.24, 2.45) is 0 Å². The predicted octanol–water partition coefficient (Wildman–Crippen LogP) is 5.94. The second kappa shape index (κ2) is 8.26. The van der Waals surface area contributed by atoms with Crippen LogP contribution in [0.4, 0.5) is 10.1 Å². The molecule has 1 amide bonds. The molecule has 0 radical (unpaired) electrons. The molecule has 4 aromatic rings. The van der Waals surface area contributed by atoms with Gasteiger partial charge in [-0.25, -0.2) is 14.1 Å². The first-order valence-corrected chi connectivity index (χ1v) is 9.74. The topological polar surface area (TPSA) is 59.8 Å². The lowest BCUT2D eigenvalue weighted by Crippen LogP contribution is -2.15. The summed E-state index contributed by atoms with van der Waals surface area (Å²) in [5, 5.41) is 7.96. The number of benzene rings is 3. The molecule has 1 aromatic heterocycles. The minimum absolute atomic E-state index is 0.0436. The number of amides is 1. The van der Waals surface area contributed by atoms with Gasteiger partial charge in [0.05, 0.1) is 11.4 Å². The second-order valence-corrected chi connectivity index (χ2v) is 7.34. The normalized spacial score (nSPS) is 10.8. The van der Waals surface area contributed by atoms with Gasteiger partial charge in [0, 0.05) is 15.6 Å². The number of hydrogen-bond acceptors (Lipinski definition) is 3. The number of nitrogens with one attached hydrogen (secondary N) is 1. The van der Waals surface area contributed by atoms with Gasteiger partial charge in [0.2, 0.25) is 5.82 Å². The summed E-state index contributed by atoms with van der Waals surface area (Å²) in [4.78, 5) is 17.2. The van der Waals surface area contributed by atoms with Crippen molar-refractivity contribution < 1.29 is 9.18 Å². The van der Waals surface area contributed by atoms with Gasteiger partial charge in [-0.3, -0.25) is 4.79 Å². The molecule has 0 aliphatic rings. The molecule has 0 spiro atoms. The van der Waals surface area contributed by atoms with Crippen LogP contribution in [0.3, 0.4) is 0 Å². The lowest BCUT2D eigenvalue weighted by atomic mass is 10.1. The maximum atomic E-state index is 13.9. The van der Waals surface area contributed by atoms with Crippen LogP contribution in [0.2, 0.25) is 10.0 Å². The van der Waals surface area contributed by atoms with E-state index in [1.807, 2.05) is 19.1 Å². The Morgan fingerprint density at radius 2 is 1.80 bits per heavy atom. The molecule has 0 aliphatic carbocycles. The molecule has 0 saturated heterocycles. The molecule has 8 heteroatoms. The highest BCUT2D eigenvalue weighted by Gasteiger charge is 2.21. The van der Waals surface area contributed by atoms with Gasteiger partial charge in [0.15, 0.2) is 5.82 Å². The fourth-order valence-electron chi connectivity index (χ4n) is 2.96. The Morgan fingerprint density at radius 1 is 1.03 bits per heavy atom. The molecule has 3 aromatic carbocycles. The molecular formula is C22H15Cl2FN4O. The number of anilines is 1. The van der Waals surface area contributed by atoms with Crippen LogP contribution in [-0.2, 0) is 0 Å². The number of carbonyl (C=O) groups excluding carboxylic acids is 1. The van der Waals surface area contributed by atoms with Crippen molar-refractivity contribution in [2.45, 2.75) is 6.92 Å². The Hall–Kier alpha value is -3.22. The van der Waals surface area contributed by atoms with Crippen LogP contribution in [0.15, 0.2) is 66.7 Å². The minimum atomic E-state index is -0.637. The number of para-hydroxylation sites is 1. The predicted molar refractivity (Wildman–Crippen MR) is 116 cm³/mol. The number of rotatable bonds is 4. The maximum Gasteiger partial charge on any atom is 0.295 e. The van der Waals surface area contributed by atoms with Crippen molar-refractivity contribution in [3.05, 3.63) is 94.0 Å². The third-order valence-electron chi connectivity index (χ3n) is 4.48. The molecule has 5 nitrogen and oxygen atoms in total. The summed E-state index contributed by atoms with van der Waals surface area (Å²) in [5.74, 6) is -0.901. The molecule has 0 fully saturated rings. The molecule has 30 heavy (non-hydrogen) atoms. The van der Waals surface area contributed by atoms with Crippen LogP contribution in [0, 0.1) is 12.7 Å². The highest BCUT2D eigenvalue weighted by Crippen LogP contribution is 2.28. The van der Waals surface area contributed by atoms with Gasteiger partial charge < -0.3 is 5.32 Å². The highest BCUT2D eigenvalue weighted by atomic mass is 35.5. The van der Waals surface area contributed by atoms with E-state index in [1.54, 1.807) is 36.4 Å². The molecule has 0 saturated carbocycles. The van der Waals surface area contributed by atoms with Crippen molar-refractivity contribution in [3.8, 4) is 17.1 Å².